The largest absolute Gasteiger partial charge is 0.370 e. The fourth-order valence-electron chi connectivity index (χ4n) is 2.33. The summed E-state index contributed by atoms with van der Waals surface area (Å²) in [6.07, 6.45) is 0. The Kier molecular flexibility index (Phi) is 4.91. The molecule has 112 valence electrons. The van der Waals surface area contributed by atoms with Crippen molar-refractivity contribution in [3.05, 3.63) is 65.2 Å². The van der Waals surface area contributed by atoms with Gasteiger partial charge in [-0.2, -0.15) is 0 Å². The van der Waals surface area contributed by atoms with Crippen LogP contribution in [0.4, 0.5) is 14.5 Å². The van der Waals surface area contributed by atoms with Gasteiger partial charge in [-0.05, 0) is 49.2 Å². The third-order valence-corrected chi connectivity index (χ3v) is 3.54. The molecule has 0 bridgehead atoms. The Morgan fingerprint density at radius 3 is 2.48 bits per heavy atom. The van der Waals surface area contributed by atoms with E-state index in [1.807, 2.05) is 32.0 Å². The van der Waals surface area contributed by atoms with Crippen molar-refractivity contribution in [1.82, 2.24) is 0 Å². The van der Waals surface area contributed by atoms with Gasteiger partial charge < -0.3 is 10.6 Å². The lowest BCUT2D eigenvalue weighted by Crippen LogP contribution is -2.32. The molecule has 1 atom stereocenters. The molecule has 21 heavy (non-hydrogen) atoms. The van der Waals surface area contributed by atoms with Gasteiger partial charge in [-0.3, -0.25) is 0 Å². The molecule has 0 spiro atoms. The molecule has 2 aromatic carbocycles. The van der Waals surface area contributed by atoms with Crippen molar-refractivity contribution >= 4 is 5.69 Å². The van der Waals surface area contributed by atoms with E-state index in [0.717, 1.165) is 18.3 Å². The van der Waals surface area contributed by atoms with Crippen LogP contribution in [0.25, 0.3) is 0 Å². The van der Waals surface area contributed by atoms with Crippen LogP contribution in [0.3, 0.4) is 0 Å². The number of halogens is 2. The molecule has 0 fully saturated rings. The molecule has 2 N–H and O–H groups in total. The maximum Gasteiger partial charge on any atom is 0.159 e. The van der Waals surface area contributed by atoms with Gasteiger partial charge in [0.25, 0.3) is 0 Å². The molecule has 0 saturated heterocycles. The fourth-order valence-corrected chi connectivity index (χ4v) is 2.33. The van der Waals surface area contributed by atoms with Crippen molar-refractivity contribution in [3.63, 3.8) is 0 Å². The molecule has 2 aromatic rings. The van der Waals surface area contributed by atoms with Crippen LogP contribution >= 0.6 is 0 Å². The lowest BCUT2D eigenvalue weighted by atomic mass is 10.1. The lowest BCUT2D eigenvalue weighted by Gasteiger charge is -2.27. The molecule has 0 radical (unpaired) electrons. The van der Waals surface area contributed by atoms with Crippen LogP contribution in [0.5, 0.6) is 0 Å². The SMILES string of the molecule is CCN(CC(N)c1ccc(F)c(F)c1)c1cccc(C)c1. The van der Waals surface area contributed by atoms with Crippen molar-refractivity contribution in [3.8, 4) is 0 Å². The Morgan fingerprint density at radius 2 is 1.86 bits per heavy atom. The van der Waals surface area contributed by atoms with Gasteiger partial charge in [0, 0.05) is 24.8 Å². The van der Waals surface area contributed by atoms with Gasteiger partial charge in [-0.1, -0.05) is 18.2 Å². The van der Waals surface area contributed by atoms with Crippen molar-refractivity contribution in [2.24, 2.45) is 5.73 Å². The van der Waals surface area contributed by atoms with E-state index in [1.165, 1.54) is 17.7 Å². The first-order chi connectivity index (χ1) is 10.0. The first kappa shape index (κ1) is 15.4. The number of nitrogens with two attached hydrogens (primary N) is 1. The molecule has 4 heteroatoms. The number of rotatable bonds is 5. The highest BCUT2D eigenvalue weighted by atomic mass is 19.2. The van der Waals surface area contributed by atoms with Gasteiger partial charge in [0.05, 0.1) is 0 Å². The zero-order valence-corrected chi connectivity index (χ0v) is 12.3. The fraction of sp³-hybridized carbons (Fsp3) is 0.294. The normalized spacial score (nSPS) is 12.2. The predicted molar refractivity (Wildman–Crippen MR) is 82.4 cm³/mol. The summed E-state index contributed by atoms with van der Waals surface area (Å²) in [5, 5.41) is 0. The van der Waals surface area contributed by atoms with E-state index in [4.69, 9.17) is 5.73 Å². The number of nitrogens with zero attached hydrogens (tertiary/aromatic N) is 1. The first-order valence-corrected chi connectivity index (χ1v) is 7.03. The second kappa shape index (κ2) is 6.68. The maximum atomic E-state index is 13.3. The summed E-state index contributed by atoms with van der Waals surface area (Å²) in [5.74, 6) is -1.71. The van der Waals surface area contributed by atoms with Crippen LogP contribution in [0.15, 0.2) is 42.5 Å². The summed E-state index contributed by atoms with van der Waals surface area (Å²) in [4.78, 5) is 2.12. The third-order valence-electron chi connectivity index (χ3n) is 3.54. The quantitative estimate of drug-likeness (QED) is 0.907. The average molecular weight is 290 g/mol. The van der Waals surface area contributed by atoms with E-state index in [-0.39, 0.29) is 6.04 Å². The summed E-state index contributed by atoms with van der Waals surface area (Å²) >= 11 is 0. The molecular weight excluding hydrogens is 270 g/mol. The monoisotopic (exact) mass is 290 g/mol. The Bertz CT molecular complexity index is 613. The smallest absolute Gasteiger partial charge is 0.159 e. The van der Waals surface area contributed by atoms with Crippen LogP contribution in [0.1, 0.15) is 24.1 Å². The number of hydrogen-bond donors (Lipinski definition) is 1. The minimum absolute atomic E-state index is 0.374. The number of aryl methyl sites for hydroxylation is 1. The Labute approximate surface area is 124 Å². The van der Waals surface area contributed by atoms with Gasteiger partial charge in [-0.15, -0.1) is 0 Å². The molecule has 0 saturated carbocycles. The number of hydrogen-bond acceptors (Lipinski definition) is 2. The maximum absolute atomic E-state index is 13.3. The summed E-state index contributed by atoms with van der Waals surface area (Å²) in [5.41, 5.74) is 8.98. The average Bonchev–Trinajstić information content (AvgIpc) is 2.47. The molecule has 2 nitrogen and oxygen atoms in total. The van der Waals surface area contributed by atoms with Crippen molar-refractivity contribution in [2.45, 2.75) is 19.9 Å². The number of benzene rings is 2. The molecule has 0 amide bonds. The zero-order chi connectivity index (χ0) is 15.4. The topological polar surface area (TPSA) is 29.3 Å². The third kappa shape index (κ3) is 3.79. The molecule has 2 rings (SSSR count). The van der Waals surface area contributed by atoms with E-state index >= 15 is 0 Å². The summed E-state index contributed by atoms with van der Waals surface area (Å²) in [7, 11) is 0. The van der Waals surface area contributed by atoms with E-state index in [0.29, 0.717) is 12.1 Å². The number of anilines is 1. The zero-order valence-electron chi connectivity index (χ0n) is 12.3. The molecule has 0 heterocycles. The standard InChI is InChI=1S/C17H20F2N2/c1-3-21(14-6-4-5-12(2)9-14)11-17(20)13-7-8-15(18)16(19)10-13/h4-10,17H,3,11,20H2,1-2H3. The molecule has 0 aliphatic rings. The van der Waals surface area contributed by atoms with Crippen molar-refractivity contribution in [1.29, 1.82) is 0 Å². The van der Waals surface area contributed by atoms with Gasteiger partial charge in [-0.25, -0.2) is 8.78 Å². The Hall–Kier alpha value is -1.94. The van der Waals surface area contributed by atoms with Gasteiger partial charge in [0.15, 0.2) is 11.6 Å². The minimum atomic E-state index is -0.860. The van der Waals surface area contributed by atoms with E-state index in [2.05, 4.69) is 11.0 Å². The van der Waals surface area contributed by atoms with Crippen molar-refractivity contribution < 1.29 is 8.78 Å². The first-order valence-electron chi connectivity index (χ1n) is 7.03. The highest BCUT2D eigenvalue weighted by molar-refractivity contribution is 5.48. The minimum Gasteiger partial charge on any atom is -0.370 e. The van der Waals surface area contributed by atoms with Crippen LogP contribution in [0, 0.1) is 18.6 Å². The van der Waals surface area contributed by atoms with Crippen LogP contribution in [0.2, 0.25) is 0 Å². The summed E-state index contributed by atoms with van der Waals surface area (Å²) < 4.78 is 26.3. The van der Waals surface area contributed by atoms with Crippen LogP contribution in [-0.4, -0.2) is 13.1 Å². The Morgan fingerprint density at radius 1 is 1.10 bits per heavy atom. The molecule has 0 aromatic heterocycles. The Balaban J connectivity index is 2.16. The van der Waals surface area contributed by atoms with Crippen LogP contribution in [-0.2, 0) is 0 Å². The summed E-state index contributed by atoms with van der Waals surface area (Å²) in [6, 6.07) is 11.6. The number of likely N-dealkylation sites (N-methyl/N-ethyl adjacent to an activating group) is 1. The second-order valence-electron chi connectivity index (χ2n) is 5.16. The van der Waals surface area contributed by atoms with E-state index in [1.54, 1.807) is 0 Å². The lowest BCUT2D eigenvalue weighted by molar-refractivity contribution is 0.505. The van der Waals surface area contributed by atoms with Gasteiger partial charge >= 0.3 is 0 Å². The highest BCUT2D eigenvalue weighted by Crippen LogP contribution is 2.20. The van der Waals surface area contributed by atoms with Gasteiger partial charge in [0.1, 0.15) is 0 Å². The van der Waals surface area contributed by atoms with Gasteiger partial charge in [0.2, 0.25) is 0 Å². The van der Waals surface area contributed by atoms with Crippen molar-refractivity contribution in [2.75, 3.05) is 18.0 Å². The summed E-state index contributed by atoms with van der Waals surface area (Å²) in [6.45, 7) is 5.42. The highest BCUT2D eigenvalue weighted by Gasteiger charge is 2.14. The second-order valence-corrected chi connectivity index (χ2v) is 5.16. The van der Waals surface area contributed by atoms with Crippen LogP contribution < -0.4 is 10.6 Å². The van der Waals surface area contributed by atoms with E-state index < -0.39 is 11.6 Å². The van der Waals surface area contributed by atoms with E-state index in [9.17, 15) is 8.78 Å². The predicted octanol–water partition coefficient (Wildman–Crippen LogP) is 3.80. The molecule has 1 unspecified atom stereocenters. The molecule has 0 aliphatic carbocycles. The molecule has 0 aliphatic heterocycles. The molecular formula is C17H20F2N2.